The van der Waals surface area contributed by atoms with Crippen LogP contribution in [0.25, 0.3) is 0 Å². The van der Waals surface area contributed by atoms with Crippen molar-refractivity contribution in [3.05, 3.63) is 101 Å². The van der Waals surface area contributed by atoms with Crippen molar-refractivity contribution in [3.8, 4) is 5.75 Å². The number of nitrogens with zero attached hydrogens (tertiary/aromatic N) is 1. The molecule has 0 spiro atoms. The van der Waals surface area contributed by atoms with E-state index in [0.717, 1.165) is 43.2 Å². The van der Waals surface area contributed by atoms with Gasteiger partial charge in [0.25, 0.3) is 5.91 Å². The third-order valence-electron chi connectivity index (χ3n) is 6.93. The number of hydrogen-bond donors (Lipinski definition) is 1. The van der Waals surface area contributed by atoms with E-state index in [4.69, 9.17) is 4.74 Å². The summed E-state index contributed by atoms with van der Waals surface area (Å²) in [4.78, 5) is 28.8. The van der Waals surface area contributed by atoms with E-state index in [2.05, 4.69) is 12.2 Å². The summed E-state index contributed by atoms with van der Waals surface area (Å²) in [7, 11) is 0. The number of halogens is 1. The largest absolute Gasteiger partial charge is 0.484 e. The molecule has 37 heavy (non-hydrogen) atoms. The minimum atomic E-state index is -0.730. The van der Waals surface area contributed by atoms with Crippen molar-refractivity contribution in [2.75, 3.05) is 6.61 Å². The van der Waals surface area contributed by atoms with Crippen molar-refractivity contribution in [3.63, 3.8) is 0 Å². The summed E-state index contributed by atoms with van der Waals surface area (Å²) in [5.41, 5.74) is 2.89. The molecule has 1 fully saturated rings. The Bertz CT molecular complexity index is 1140. The summed E-state index contributed by atoms with van der Waals surface area (Å²) in [6, 6.07) is 22.8. The van der Waals surface area contributed by atoms with Gasteiger partial charge in [-0.2, -0.15) is 0 Å². The topological polar surface area (TPSA) is 58.6 Å². The van der Waals surface area contributed by atoms with Crippen molar-refractivity contribution in [1.82, 2.24) is 10.2 Å². The molecule has 1 aliphatic rings. The van der Waals surface area contributed by atoms with Crippen LogP contribution in [0.2, 0.25) is 0 Å². The first kappa shape index (κ1) is 26.4. The molecule has 5 nitrogen and oxygen atoms in total. The molecule has 3 aromatic carbocycles. The lowest BCUT2D eigenvalue weighted by Crippen LogP contribution is -2.53. The van der Waals surface area contributed by atoms with E-state index < -0.39 is 6.04 Å². The maximum Gasteiger partial charge on any atom is 0.261 e. The van der Waals surface area contributed by atoms with E-state index in [0.29, 0.717) is 12.2 Å². The molecule has 1 atom stereocenters. The van der Waals surface area contributed by atoms with Gasteiger partial charge in [-0.3, -0.25) is 9.59 Å². The molecule has 1 aliphatic carbocycles. The lowest BCUT2D eigenvalue weighted by Gasteiger charge is -2.32. The van der Waals surface area contributed by atoms with Crippen LogP contribution in [0, 0.1) is 5.82 Å². The Labute approximate surface area is 218 Å². The summed E-state index contributed by atoms with van der Waals surface area (Å²) >= 11 is 0. The lowest BCUT2D eigenvalue weighted by molar-refractivity contribution is -0.143. The summed E-state index contributed by atoms with van der Waals surface area (Å²) in [6.45, 7) is 2.05. The highest BCUT2D eigenvalue weighted by atomic mass is 19.1. The molecule has 0 bridgehead atoms. The van der Waals surface area contributed by atoms with Crippen LogP contribution in [0.3, 0.4) is 0 Å². The van der Waals surface area contributed by atoms with Gasteiger partial charge in [-0.25, -0.2) is 4.39 Å². The van der Waals surface area contributed by atoms with Gasteiger partial charge in [0.2, 0.25) is 5.91 Å². The van der Waals surface area contributed by atoms with E-state index in [1.807, 2.05) is 54.6 Å². The Morgan fingerprint density at radius 2 is 1.57 bits per heavy atom. The van der Waals surface area contributed by atoms with E-state index in [-0.39, 0.29) is 36.8 Å². The average molecular weight is 503 g/mol. The fourth-order valence-electron chi connectivity index (χ4n) is 4.76. The van der Waals surface area contributed by atoms with Crippen LogP contribution in [-0.2, 0) is 29.0 Å². The minimum Gasteiger partial charge on any atom is -0.484 e. The molecule has 1 unspecified atom stereocenters. The Balaban J connectivity index is 1.58. The number of rotatable bonds is 11. The highest BCUT2D eigenvalue weighted by molar-refractivity contribution is 5.88. The van der Waals surface area contributed by atoms with Crippen LogP contribution in [0.5, 0.6) is 5.75 Å². The molecule has 0 heterocycles. The molecule has 6 heteroatoms. The highest BCUT2D eigenvalue weighted by Gasteiger charge is 2.32. The Hall–Kier alpha value is -3.67. The van der Waals surface area contributed by atoms with E-state index in [1.165, 1.54) is 17.7 Å². The molecule has 0 aliphatic heterocycles. The molecule has 3 aromatic rings. The molecular formula is C31H35FN2O3. The Morgan fingerprint density at radius 3 is 2.22 bits per heavy atom. The maximum absolute atomic E-state index is 13.6. The summed E-state index contributed by atoms with van der Waals surface area (Å²) in [5, 5.41) is 3.18. The van der Waals surface area contributed by atoms with Crippen LogP contribution >= 0.6 is 0 Å². The number of carbonyl (C=O) groups excluding carboxylic acids is 2. The smallest absolute Gasteiger partial charge is 0.261 e. The van der Waals surface area contributed by atoms with Crippen LogP contribution in [-0.4, -0.2) is 35.4 Å². The Morgan fingerprint density at radius 1 is 0.919 bits per heavy atom. The second-order valence-electron chi connectivity index (χ2n) is 9.63. The van der Waals surface area contributed by atoms with Crippen molar-refractivity contribution in [1.29, 1.82) is 0 Å². The number of aryl methyl sites for hydroxylation is 1. The van der Waals surface area contributed by atoms with Gasteiger partial charge < -0.3 is 15.0 Å². The summed E-state index contributed by atoms with van der Waals surface area (Å²) < 4.78 is 19.4. The molecule has 0 radical (unpaired) electrons. The zero-order valence-corrected chi connectivity index (χ0v) is 21.4. The third-order valence-corrected chi connectivity index (χ3v) is 6.93. The van der Waals surface area contributed by atoms with Gasteiger partial charge in [-0.1, -0.05) is 74.4 Å². The number of amides is 2. The van der Waals surface area contributed by atoms with Gasteiger partial charge >= 0.3 is 0 Å². The number of hydrogen-bond acceptors (Lipinski definition) is 3. The SMILES string of the molecule is CCc1ccc(OCC(=O)N(Cc2ccc(F)cc2)C(Cc2ccccc2)C(=O)NC2CCCC2)cc1. The van der Waals surface area contributed by atoms with E-state index in [1.54, 1.807) is 17.0 Å². The molecule has 2 amide bonds. The first-order valence-electron chi connectivity index (χ1n) is 13.1. The van der Waals surface area contributed by atoms with Gasteiger partial charge in [0, 0.05) is 19.0 Å². The fourth-order valence-corrected chi connectivity index (χ4v) is 4.76. The lowest BCUT2D eigenvalue weighted by atomic mass is 10.0. The predicted octanol–water partition coefficient (Wildman–Crippen LogP) is 5.47. The molecule has 0 saturated heterocycles. The van der Waals surface area contributed by atoms with Crippen LogP contribution < -0.4 is 10.1 Å². The van der Waals surface area contributed by atoms with Crippen molar-refractivity contribution < 1.29 is 18.7 Å². The van der Waals surface area contributed by atoms with Crippen molar-refractivity contribution in [2.24, 2.45) is 0 Å². The first-order valence-corrected chi connectivity index (χ1v) is 13.1. The molecule has 0 aromatic heterocycles. The zero-order valence-electron chi connectivity index (χ0n) is 21.4. The zero-order chi connectivity index (χ0) is 26.0. The predicted molar refractivity (Wildman–Crippen MR) is 143 cm³/mol. The average Bonchev–Trinajstić information content (AvgIpc) is 3.44. The summed E-state index contributed by atoms with van der Waals surface area (Å²) in [6.07, 6.45) is 5.38. The third kappa shape index (κ3) is 7.66. The normalized spacial score (nSPS) is 14.2. The van der Waals surface area contributed by atoms with Crippen LogP contribution in [0.1, 0.15) is 49.3 Å². The second kappa shape index (κ2) is 13.0. The van der Waals surface area contributed by atoms with E-state index in [9.17, 15) is 14.0 Å². The number of nitrogens with one attached hydrogen (secondary N) is 1. The Kier molecular flexibility index (Phi) is 9.30. The molecule has 1 saturated carbocycles. The highest BCUT2D eigenvalue weighted by Crippen LogP contribution is 2.21. The first-order chi connectivity index (χ1) is 18.0. The van der Waals surface area contributed by atoms with Gasteiger partial charge in [0.1, 0.15) is 17.6 Å². The number of benzene rings is 3. The molecular weight excluding hydrogens is 467 g/mol. The van der Waals surface area contributed by atoms with Gasteiger partial charge in [-0.05, 0) is 60.2 Å². The van der Waals surface area contributed by atoms with Gasteiger partial charge in [0.15, 0.2) is 6.61 Å². The molecule has 1 N–H and O–H groups in total. The molecule has 4 rings (SSSR count). The monoisotopic (exact) mass is 502 g/mol. The quantitative estimate of drug-likeness (QED) is 0.379. The van der Waals surface area contributed by atoms with Crippen molar-refractivity contribution >= 4 is 11.8 Å². The number of ether oxygens (including phenoxy) is 1. The van der Waals surface area contributed by atoms with Crippen molar-refractivity contribution in [2.45, 2.75) is 64.1 Å². The number of carbonyl (C=O) groups is 2. The second-order valence-corrected chi connectivity index (χ2v) is 9.63. The fraction of sp³-hybridized carbons (Fsp3) is 0.355. The van der Waals surface area contributed by atoms with Gasteiger partial charge in [-0.15, -0.1) is 0 Å². The maximum atomic E-state index is 13.6. The van der Waals surface area contributed by atoms with E-state index >= 15 is 0 Å². The van der Waals surface area contributed by atoms with Crippen LogP contribution in [0.15, 0.2) is 78.9 Å². The summed E-state index contributed by atoms with van der Waals surface area (Å²) in [5.74, 6) is -0.215. The van der Waals surface area contributed by atoms with Crippen LogP contribution in [0.4, 0.5) is 4.39 Å². The molecule has 194 valence electrons. The minimum absolute atomic E-state index is 0.127. The van der Waals surface area contributed by atoms with Gasteiger partial charge in [0.05, 0.1) is 0 Å². The standard InChI is InChI=1S/C31H35FN2O3/c1-2-23-14-18-28(19-15-23)37-22-30(35)34(21-25-12-16-26(32)17-13-25)29(20-24-8-4-3-5-9-24)31(36)33-27-10-6-7-11-27/h3-5,8-9,12-19,27,29H,2,6-7,10-11,20-22H2,1H3,(H,33,36).